The number of nitrogens with zero attached hydrogens (tertiary/aromatic N) is 1. The molecule has 0 atom stereocenters. The molecule has 0 saturated carbocycles. The Balaban J connectivity index is 2.95. The van der Waals surface area contributed by atoms with Crippen LogP contribution < -0.4 is 0 Å². The van der Waals surface area contributed by atoms with Crippen molar-refractivity contribution in [3.8, 4) is 0 Å². The van der Waals surface area contributed by atoms with Gasteiger partial charge in [-0.2, -0.15) is 0 Å². The Morgan fingerprint density at radius 2 is 2.42 bits per heavy atom. The maximum Gasteiger partial charge on any atom is 0.124 e. The van der Waals surface area contributed by atoms with Crippen LogP contribution in [0.4, 0.5) is 0 Å². The number of rotatable bonds is 3. The van der Waals surface area contributed by atoms with E-state index in [9.17, 15) is 4.79 Å². The van der Waals surface area contributed by atoms with Crippen molar-refractivity contribution in [2.24, 2.45) is 0 Å². The number of hydrogen-bond donors (Lipinski definition) is 0. The Kier molecular flexibility index (Phi) is 2.75. The van der Waals surface area contributed by atoms with Gasteiger partial charge in [0.1, 0.15) is 6.29 Å². The highest BCUT2D eigenvalue weighted by molar-refractivity contribution is 5.62. The van der Waals surface area contributed by atoms with Crippen molar-refractivity contribution in [2.45, 2.75) is 13.3 Å². The minimum absolute atomic E-state index is 0.425. The van der Waals surface area contributed by atoms with Crippen LogP contribution in [0, 0.1) is 0 Å². The molecule has 0 bridgehead atoms. The maximum atomic E-state index is 10.2. The predicted octanol–water partition coefficient (Wildman–Crippen LogP) is 1.86. The van der Waals surface area contributed by atoms with Crippen LogP contribution in [0.5, 0.6) is 0 Å². The molecule has 62 valence electrons. The molecule has 0 aromatic carbocycles. The predicted molar refractivity (Wildman–Crippen MR) is 48.7 cm³/mol. The zero-order chi connectivity index (χ0) is 8.97. The molecule has 0 fully saturated rings. The highest BCUT2D eigenvalue weighted by Crippen LogP contribution is 2.11. The highest BCUT2D eigenvalue weighted by Gasteiger charge is 1.96. The number of aldehydes is 1. The first-order valence-corrected chi connectivity index (χ1v) is 3.77. The quantitative estimate of drug-likeness (QED) is 0.633. The lowest BCUT2D eigenvalue weighted by atomic mass is 10.1. The minimum Gasteiger partial charge on any atom is -0.303 e. The first-order valence-electron chi connectivity index (χ1n) is 3.77. The van der Waals surface area contributed by atoms with Gasteiger partial charge in [-0.3, -0.25) is 4.98 Å². The number of pyridine rings is 1. The number of carbonyl (C=O) groups excluding carboxylic acids is 1. The van der Waals surface area contributed by atoms with Gasteiger partial charge in [0.25, 0.3) is 0 Å². The van der Waals surface area contributed by atoms with Crippen LogP contribution in [-0.2, 0) is 11.2 Å². The van der Waals surface area contributed by atoms with E-state index in [1.165, 1.54) is 0 Å². The van der Waals surface area contributed by atoms with Crippen molar-refractivity contribution in [2.75, 3.05) is 0 Å². The smallest absolute Gasteiger partial charge is 0.124 e. The molecule has 1 aromatic rings. The van der Waals surface area contributed by atoms with Crippen LogP contribution in [0.1, 0.15) is 18.1 Å². The maximum absolute atomic E-state index is 10.2. The largest absolute Gasteiger partial charge is 0.303 e. The molecule has 0 aliphatic carbocycles. The van der Waals surface area contributed by atoms with Crippen LogP contribution >= 0.6 is 0 Å². The van der Waals surface area contributed by atoms with Gasteiger partial charge in [0.05, 0.1) is 0 Å². The van der Waals surface area contributed by atoms with Crippen molar-refractivity contribution in [1.82, 2.24) is 4.98 Å². The lowest BCUT2D eigenvalue weighted by molar-refractivity contribution is -0.107. The van der Waals surface area contributed by atoms with Gasteiger partial charge in [-0.15, -0.1) is 0 Å². The first-order chi connectivity index (χ1) is 5.74. The SMILES string of the molecule is C=C(C)c1cncc(CC=O)c1. The molecule has 0 aliphatic heterocycles. The zero-order valence-corrected chi connectivity index (χ0v) is 7.08. The fourth-order valence-corrected chi connectivity index (χ4v) is 0.929. The Labute approximate surface area is 71.9 Å². The van der Waals surface area contributed by atoms with E-state index in [-0.39, 0.29) is 0 Å². The van der Waals surface area contributed by atoms with Gasteiger partial charge in [-0.1, -0.05) is 6.58 Å². The molecule has 2 heteroatoms. The Morgan fingerprint density at radius 1 is 1.67 bits per heavy atom. The fraction of sp³-hybridized carbons (Fsp3) is 0.200. The van der Waals surface area contributed by atoms with E-state index in [2.05, 4.69) is 11.6 Å². The number of hydrogen-bond acceptors (Lipinski definition) is 2. The Morgan fingerprint density at radius 3 is 3.00 bits per heavy atom. The minimum atomic E-state index is 0.425. The van der Waals surface area contributed by atoms with Gasteiger partial charge in [0, 0.05) is 18.8 Å². The summed E-state index contributed by atoms with van der Waals surface area (Å²) in [5, 5.41) is 0. The van der Waals surface area contributed by atoms with Crippen molar-refractivity contribution in [3.63, 3.8) is 0 Å². The summed E-state index contributed by atoms with van der Waals surface area (Å²) in [6.45, 7) is 5.72. The summed E-state index contributed by atoms with van der Waals surface area (Å²) in [5.74, 6) is 0. The number of allylic oxidation sites excluding steroid dienone is 1. The summed E-state index contributed by atoms with van der Waals surface area (Å²) < 4.78 is 0. The summed E-state index contributed by atoms with van der Waals surface area (Å²) in [5.41, 5.74) is 2.90. The van der Waals surface area contributed by atoms with Gasteiger partial charge in [0.15, 0.2) is 0 Å². The molecule has 0 N–H and O–H groups in total. The summed E-state index contributed by atoms with van der Waals surface area (Å²) >= 11 is 0. The van der Waals surface area contributed by atoms with Crippen molar-refractivity contribution in [3.05, 3.63) is 36.2 Å². The van der Waals surface area contributed by atoms with Crippen LogP contribution in [0.3, 0.4) is 0 Å². The molecule has 1 rings (SSSR count). The summed E-state index contributed by atoms with van der Waals surface area (Å²) in [4.78, 5) is 14.2. The molecule has 0 aliphatic rings. The van der Waals surface area contributed by atoms with E-state index in [0.29, 0.717) is 6.42 Å². The molecule has 12 heavy (non-hydrogen) atoms. The normalized spacial score (nSPS) is 9.42. The van der Waals surface area contributed by atoms with E-state index in [0.717, 1.165) is 23.0 Å². The topological polar surface area (TPSA) is 30.0 Å². The molecule has 0 radical (unpaired) electrons. The van der Waals surface area contributed by atoms with Gasteiger partial charge >= 0.3 is 0 Å². The number of carbonyl (C=O) groups is 1. The second kappa shape index (κ2) is 3.81. The highest BCUT2D eigenvalue weighted by atomic mass is 16.1. The Bertz CT molecular complexity index is 304. The van der Waals surface area contributed by atoms with E-state index >= 15 is 0 Å². The van der Waals surface area contributed by atoms with Crippen molar-refractivity contribution < 1.29 is 4.79 Å². The van der Waals surface area contributed by atoms with Crippen molar-refractivity contribution in [1.29, 1.82) is 0 Å². The van der Waals surface area contributed by atoms with Gasteiger partial charge in [0.2, 0.25) is 0 Å². The molecule has 0 spiro atoms. The summed E-state index contributed by atoms with van der Waals surface area (Å²) in [7, 11) is 0. The van der Waals surface area contributed by atoms with Crippen LogP contribution in [0.15, 0.2) is 25.0 Å². The standard InChI is InChI=1S/C10H11NO/c1-8(2)10-5-9(3-4-12)6-11-7-10/h4-7H,1,3H2,2H3. The first kappa shape index (κ1) is 8.65. The second-order valence-corrected chi connectivity index (χ2v) is 2.73. The van der Waals surface area contributed by atoms with Crippen molar-refractivity contribution >= 4 is 11.9 Å². The van der Waals surface area contributed by atoms with E-state index < -0.39 is 0 Å². The second-order valence-electron chi connectivity index (χ2n) is 2.73. The van der Waals surface area contributed by atoms with E-state index in [1.54, 1.807) is 12.4 Å². The van der Waals surface area contributed by atoms with Crippen LogP contribution in [-0.4, -0.2) is 11.3 Å². The molecule has 0 saturated heterocycles. The molecule has 0 amide bonds. The summed E-state index contributed by atoms with van der Waals surface area (Å²) in [6.07, 6.45) is 4.74. The third-order valence-corrected chi connectivity index (χ3v) is 1.61. The molecule has 2 nitrogen and oxygen atoms in total. The van der Waals surface area contributed by atoms with Crippen LogP contribution in [0.25, 0.3) is 5.57 Å². The van der Waals surface area contributed by atoms with Gasteiger partial charge in [-0.05, 0) is 29.7 Å². The summed E-state index contributed by atoms with van der Waals surface area (Å²) in [6, 6.07) is 1.93. The average molecular weight is 161 g/mol. The lowest BCUT2D eigenvalue weighted by Crippen LogP contribution is -1.89. The third-order valence-electron chi connectivity index (χ3n) is 1.61. The molecule has 0 unspecified atom stereocenters. The van der Waals surface area contributed by atoms with E-state index in [1.807, 2.05) is 13.0 Å². The van der Waals surface area contributed by atoms with Gasteiger partial charge < -0.3 is 4.79 Å². The third kappa shape index (κ3) is 2.02. The lowest BCUT2D eigenvalue weighted by Gasteiger charge is -2.00. The monoisotopic (exact) mass is 161 g/mol. The molecule has 1 aromatic heterocycles. The fourth-order valence-electron chi connectivity index (χ4n) is 0.929. The van der Waals surface area contributed by atoms with E-state index in [4.69, 9.17) is 0 Å². The Hall–Kier alpha value is -1.44. The van der Waals surface area contributed by atoms with Crippen LogP contribution in [0.2, 0.25) is 0 Å². The van der Waals surface area contributed by atoms with Gasteiger partial charge in [-0.25, -0.2) is 0 Å². The zero-order valence-electron chi connectivity index (χ0n) is 7.08. The molecular weight excluding hydrogens is 150 g/mol. The average Bonchev–Trinajstić information content (AvgIpc) is 2.05. The number of aromatic nitrogens is 1. The molecule has 1 heterocycles. The molecular formula is C10H11NO.